The third-order valence-corrected chi connectivity index (χ3v) is 2.19. The minimum atomic E-state index is 0.685. The van der Waals surface area contributed by atoms with E-state index in [0.717, 1.165) is 25.5 Å². The van der Waals surface area contributed by atoms with Crippen molar-refractivity contribution in [2.24, 2.45) is 0 Å². The van der Waals surface area contributed by atoms with Gasteiger partial charge in [0, 0.05) is 18.1 Å². The highest BCUT2D eigenvalue weighted by Crippen LogP contribution is 2.15. The quantitative estimate of drug-likeness (QED) is 0.594. The van der Waals surface area contributed by atoms with E-state index in [-0.39, 0.29) is 0 Å². The summed E-state index contributed by atoms with van der Waals surface area (Å²) < 4.78 is 5.36. The molecule has 2 nitrogen and oxygen atoms in total. The van der Waals surface area contributed by atoms with Crippen LogP contribution in [0.4, 0.5) is 0 Å². The van der Waals surface area contributed by atoms with Crippen LogP contribution in [0.15, 0.2) is 11.5 Å². The third kappa shape index (κ3) is 2.03. The SMILES string of the molecule is CC1=C(C)N(CCCl)CCO1. The van der Waals surface area contributed by atoms with E-state index in [0.29, 0.717) is 5.88 Å². The number of allylic oxidation sites excluding steroid dienone is 2. The molecule has 0 aromatic rings. The Morgan fingerprint density at radius 3 is 2.91 bits per heavy atom. The predicted molar refractivity (Wildman–Crippen MR) is 46.6 cm³/mol. The van der Waals surface area contributed by atoms with Crippen LogP contribution < -0.4 is 0 Å². The topological polar surface area (TPSA) is 12.5 Å². The predicted octanol–water partition coefficient (Wildman–Crippen LogP) is 1.81. The standard InChI is InChI=1S/C8H14ClNO/c1-7-8(2)11-6-5-10(7)4-3-9/h3-6H2,1-2H3. The fourth-order valence-electron chi connectivity index (χ4n) is 1.19. The van der Waals surface area contributed by atoms with Crippen molar-refractivity contribution in [1.82, 2.24) is 4.90 Å². The summed E-state index contributed by atoms with van der Waals surface area (Å²) >= 11 is 5.64. The minimum Gasteiger partial charge on any atom is -0.495 e. The summed E-state index contributed by atoms with van der Waals surface area (Å²) in [6.45, 7) is 6.75. The number of hydrogen-bond acceptors (Lipinski definition) is 2. The summed E-state index contributed by atoms with van der Waals surface area (Å²) in [6, 6.07) is 0. The molecule has 0 amide bonds. The van der Waals surface area contributed by atoms with Crippen molar-refractivity contribution >= 4 is 11.6 Å². The lowest BCUT2D eigenvalue weighted by molar-refractivity contribution is 0.134. The van der Waals surface area contributed by atoms with Crippen molar-refractivity contribution in [3.8, 4) is 0 Å². The van der Waals surface area contributed by atoms with Gasteiger partial charge in [-0.1, -0.05) is 0 Å². The van der Waals surface area contributed by atoms with E-state index in [1.54, 1.807) is 0 Å². The van der Waals surface area contributed by atoms with Crippen LogP contribution in [0.1, 0.15) is 13.8 Å². The van der Waals surface area contributed by atoms with Gasteiger partial charge in [-0.25, -0.2) is 0 Å². The Hall–Kier alpha value is -0.370. The average molecular weight is 176 g/mol. The van der Waals surface area contributed by atoms with Gasteiger partial charge in [0.15, 0.2) is 0 Å². The maximum absolute atomic E-state index is 5.64. The molecule has 11 heavy (non-hydrogen) atoms. The van der Waals surface area contributed by atoms with Gasteiger partial charge >= 0.3 is 0 Å². The first-order valence-corrected chi connectivity index (χ1v) is 4.40. The highest BCUT2D eigenvalue weighted by atomic mass is 35.5. The van der Waals surface area contributed by atoms with E-state index in [4.69, 9.17) is 16.3 Å². The molecule has 0 fully saturated rings. The normalized spacial score (nSPS) is 18.6. The lowest BCUT2D eigenvalue weighted by Gasteiger charge is -2.30. The molecule has 0 saturated heterocycles. The molecule has 0 saturated carbocycles. The van der Waals surface area contributed by atoms with Crippen molar-refractivity contribution < 1.29 is 4.74 Å². The lowest BCUT2D eigenvalue weighted by atomic mass is 10.3. The van der Waals surface area contributed by atoms with Gasteiger partial charge in [0.2, 0.25) is 0 Å². The Morgan fingerprint density at radius 2 is 2.27 bits per heavy atom. The maximum Gasteiger partial charge on any atom is 0.112 e. The molecule has 64 valence electrons. The Kier molecular flexibility index (Phi) is 3.06. The van der Waals surface area contributed by atoms with Crippen molar-refractivity contribution in [2.75, 3.05) is 25.6 Å². The molecule has 0 spiro atoms. The average Bonchev–Trinajstić information content (AvgIpc) is 1.99. The van der Waals surface area contributed by atoms with Crippen molar-refractivity contribution in [3.63, 3.8) is 0 Å². The van der Waals surface area contributed by atoms with Gasteiger partial charge in [0.05, 0.1) is 6.54 Å². The molecular weight excluding hydrogens is 162 g/mol. The molecule has 0 N–H and O–H groups in total. The molecule has 0 unspecified atom stereocenters. The van der Waals surface area contributed by atoms with Crippen LogP contribution in [0.5, 0.6) is 0 Å². The molecule has 0 aliphatic carbocycles. The zero-order valence-corrected chi connectivity index (χ0v) is 7.82. The Morgan fingerprint density at radius 1 is 1.55 bits per heavy atom. The number of nitrogens with zero attached hydrogens (tertiary/aromatic N) is 1. The first-order valence-electron chi connectivity index (χ1n) is 3.87. The number of ether oxygens (including phenoxy) is 1. The van der Waals surface area contributed by atoms with E-state index in [1.807, 2.05) is 6.92 Å². The van der Waals surface area contributed by atoms with Gasteiger partial charge in [0.25, 0.3) is 0 Å². The van der Waals surface area contributed by atoms with Gasteiger partial charge in [-0.3, -0.25) is 0 Å². The Labute approximate surface area is 72.8 Å². The third-order valence-electron chi connectivity index (χ3n) is 2.02. The molecule has 0 aromatic carbocycles. The molecule has 0 bridgehead atoms. The Bertz CT molecular complexity index is 167. The second kappa shape index (κ2) is 3.86. The molecule has 3 heteroatoms. The second-order valence-electron chi connectivity index (χ2n) is 2.67. The van der Waals surface area contributed by atoms with E-state index >= 15 is 0 Å². The van der Waals surface area contributed by atoms with Crippen LogP contribution in [-0.2, 0) is 4.74 Å². The molecular formula is C8H14ClNO. The number of alkyl halides is 1. The molecule has 0 radical (unpaired) electrons. The van der Waals surface area contributed by atoms with E-state index < -0.39 is 0 Å². The minimum absolute atomic E-state index is 0.685. The van der Waals surface area contributed by atoms with Crippen molar-refractivity contribution in [3.05, 3.63) is 11.5 Å². The van der Waals surface area contributed by atoms with Crippen LogP contribution in [0.25, 0.3) is 0 Å². The summed E-state index contributed by atoms with van der Waals surface area (Å²) in [6.07, 6.45) is 0. The fraction of sp³-hybridized carbons (Fsp3) is 0.750. The zero-order chi connectivity index (χ0) is 8.27. The number of rotatable bonds is 2. The van der Waals surface area contributed by atoms with Crippen LogP contribution in [-0.4, -0.2) is 30.5 Å². The number of hydrogen-bond donors (Lipinski definition) is 0. The largest absolute Gasteiger partial charge is 0.495 e. The van der Waals surface area contributed by atoms with Crippen LogP contribution in [0, 0.1) is 0 Å². The summed E-state index contributed by atoms with van der Waals surface area (Å²) in [5.74, 6) is 1.71. The molecule has 0 atom stereocenters. The lowest BCUT2D eigenvalue weighted by Crippen LogP contribution is -2.32. The van der Waals surface area contributed by atoms with Crippen LogP contribution in [0.3, 0.4) is 0 Å². The smallest absolute Gasteiger partial charge is 0.112 e. The first kappa shape index (κ1) is 8.72. The van der Waals surface area contributed by atoms with Crippen molar-refractivity contribution in [1.29, 1.82) is 0 Å². The first-order chi connectivity index (χ1) is 5.25. The molecule has 1 aliphatic rings. The van der Waals surface area contributed by atoms with Gasteiger partial charge in [-0.2, -0.15) is 0 Å². The summed E-state index contributed by atoms with van der Waals surface area (Å²) in [7, 11) is 0. The maximum atomic E-state index is 5.64. The van der Waals surface area contributed by atoms with Gasteiger partial charge < -0.3 is 9.64 Å². The Balaban J connectivity index is 2.58. The second-order valence-corrected chi connectivity index (χ2v) is 3.04. The van der Waals surface area contributed by atoms with Crippen molar-refractivity contribution in [2.45, 2.75) is 13.8 Å². The molecule has 1 aliphatic heterocycles. The highest BCUT2D eigenvalue weighted by molar-refractivity contribution is 6.18. The van der Waals surface area contributed by atoms with Gasteiger partial charge in [0.1, 0.15) is 12.4 Å². The summed E-state index contributed by atoms with van der Waals surface area (Å²) in [4.78, 5) is 2.26. The zero-order valence-electron chi connectivity index (χ0n) is 7.06. The summed E-state index contributed by atoms with van der Waals surface area (Å²) in [5.41, 5.74) is 1.22. The number of halogens is 1. The summed E-state index contributed by atoms with van der Waals surface area (Å²) in [5, 5.41) is 0. The van der Waals surface area contributed by atoms with Crippen LogP contribution >= 0.6 is 11.6 Å². The molecule has 1 heterocycles. The van der Waals surface area contributed by atoms with Gasteiger partial charge in [-0.05, 0) is 13.8 Å². The molecule has 0 aromatic heterocycles. The van der Waals surface area contributed by atoms with E-state index in [2.05, 4.69) is 11.8 Å². The molecule has 1 rings (SSSR count). The van der Waals surface area contributed by atoms with E-state index in [1.165, 1.54) is 5.70 Å². The van der Waals surface area contributed by atoms with Crippen LogP contribution in [0.2, 0.25) is 0 Å². The highest BCUT2D eigenvalue weighted by Gasteiger charge is 2.13. The van der Waals surface area contributed by atoms with Gasteiger partial charge in [-0.15, -0.1) is 11.6 Å². The fourth-order valence-corrected chi connectivity index (χ4v) is 1.39. The monoisotopic (exact) mass is 175 g/mol. The van der Waals surface area contributed by atoms with E-state index in [9.17, 15) is 0 Å².